The fraction of sp³-hybridized carbons (Fsp3) is 0.529. The van der Waals surface area contributed by atoms with Crippen LogP contribution in [0.3, 0.4) is 0 Å². The molecule has 0 spiro atoms. The van der Waals surface area contributed by atoms with Crippen LogP contribution in [0.2, 0.25) is 0 Å². The molecule has 2 rings (SSSR count). The Labute approximate surface area is 152 Å². The average Bonchev–Trinajstić information content (AvgIpc) is 2.89. The lowest BCUT2D eigenvalue weighted by Gasteiger charge is -2.26. The highest BCUT2D eigenvalue weighted by molar-refractivity contribution is 7.86. The molecule has 26 heavy (non-hydrogen) atoms. The van der Waals surface area contributed by atoms with Crippen molar-refractivity contribution >= 4 is 22.2 Å². The monoisotopic (exact) mass is 385 g/mol. The minimum absolute atomic E-state index is 0.0225. The van der Waals surface area contributed by atoms with Crippen LogP contribution in [0.4, 0.5) is 4.79 Å². The Balaban J connectivity index is 2.15. The predicted octanol–water partition coefficient (Wildman–Crippen LogP) is 2.16. The zero-order valence-corrected chi connectivity index (χ0v) is 15.9. The van der Waals surface area contributed by atoms with Crippen molar-refractivity contribution in [3.8, 4) is 0 Å². The van der Waals surface area contributed by atoms with Gasteiger partial charge in [0.05, 0.1) is 17.5 Å². The van der Waals surface area contributed by atoms with E-state index in [2.05, 4.69) is 0 Å². The Morgan fingerprint density at radius 1 is 1.19 bits per heavy atom. The Kier molecular flexibility index (Phi) is 5.62. The quantitative estimate of drug-likeness (QED) is 0.791. The van der Waals surface area contributed by atoms with E-state index < -0.39 is 39.9 Å². The molecule has 0 aromatic heterocycles. The van der Waals surface area contributed by atoms with Gasteiger partial charge in [-0.15, -0.1) is 0 Å². The zero-order valence-electron chi connectivity index (χ0n) is 15.1. The molecule has 0 saturated carbocycles. The first-order valence-electron chi connectivity index (χ1n) is 8.11. The molecule has 1 amide bonds. The van der Waals surface area contributed by atoms with E-state index in [0.29, 0.717) is 0 Å². The molecule has 2 atom stereocenters. The standard InChI is InChI=1S/C17H23NO7S/c1-11-5-7-13(8-6-11)26(22,23)25-12-9-14(15(19)20)18(10-12)16(21)24-17(2,3)4/h5-8,12,14H,9-10H2,1-4H3,(H,19,20)/t12-,14-/m1/s1. The van der Waals surface area contributed by atoms with Gasteiger partial charge in [-0.2, -0.15) is 8.42 Å². The van der Waals surface area contributed by atoms with E-state index in [-0.39, 0.29) is 17.9 Å². The molecular weight excluding hydrogens is 362 g/mol. The summed E-state index contributed by atoms with van der Waals surface area (Å²) < 4.78 is 35.1. The van der Waals surface area contributed by atoms with Crippen LogP contribution in [-0.2, 0) is 23.8 Å². The maximum atomic E-state index is 12.4. The van der Waals surface area contributed by atoms with Crippen LogP contribution in [0.5, 0.6) is 0 Å². The van der Waals surface area contributed by atoms with Crippen LogP contribution in [0.1, 0.15) is 32.8 Å². The van der Waals surface area contributed by atoms with Crippen LogP contribution in [-0.4, -0.2) is 54.8 Å². The molecule has 0 radical (unpaired) electrons. The number of amides is 1. The predicted molar refractivity (Wildman–Crippen MR) is 92.2 cm³/mol. The van der Waals surface area contributed by atoms with Crippen LogP contribution in [0.15, 0.2) is 29.2 Å². The maximum absolute atomic E-state index is 12.4. The molecule has 1 heterocycles. The molecule has 1 fully saturated rings. The molecule has 1 aliphatic heterocycles. The first kappa shape index (κ1) is 20.2. The molecule has 0 aliphatic carbocycles. The van der Waals surface area contributed by atoms with E-state index in [4.69, 9.17) is 8.92 Å². The Bertz CT molecular complexity index is 780. The number of nitrogens with zero attached hydrogens (tertiary/aromatic N) is 1. The third-order valence-corrected chi connectivity index (χ3v) is 5.12. The highest BCUT2D eigenvalue weighted by atomic mass is 32.2. The summed E-state index contributed by atoms with van der Waals surface area (Å²) in [6, 6.07) is 4.90. The number of rotatable bonds is 4. The number of carbonyl (C=O) groups is 2. The number of carboxylic acids is 1. The zero-order chi connectivity index (χ0) is 19.7. The summed E-state index contributed by atoms with van der Waals surface area (Å²) in [6.07, 6.45) is -1.92. The largest absolute Gasteiger partial charge is 0.480 e. The van der Waals surface area contributed by atoms with E-state index in [0.717, 1.165) is 10.5 Å². The van der Waals surface area contributed by atoms with Gasteiger partial charge in [0, 0.05) is 6.42 Å². The molecule has 0 bridgehead atoms. The molecule has 1 aromatic rings. The summed E-state index contributed by atoms with van der Waals surface area (Å²) >= 11 is 0. The summed E-state index contributed by atoms with van der Waals surface area (Å²) in [4.78, 5) is 24.6. The molecule has 1 aliphatic rings. The fourth-order valence-electron chi connectivity index (χ4n) is 2.56. The number of ether oxygens (including phenoxy) is 1. The van der Waals surface area contributed by atoms with Crippen molar-refractivity contribution < 1.29 is 32.0 Å². The van der Waals surface area contributed by atoms with Crippen molar-refractivity contribution in [3.05, 3.63) is 29.8 Å². The summed E-state index contributed by atoms with van der Waals surface area (Å²) in [5, 5.41) is 9.34. The highest BCUT2D eigenvalue weighted by Gasteiger charge is 2.43. The molecule has 8 nitrogen and oxygen atoms in total. The molecule has 1 aromatic carbocycles. The van der Waals surface area contributed by atoms with E-state index in [9.17, 15) is 23.1 Å². The molecule has 0 unspecified atom stereocenters. The van der Waals surface area contributed by atoms with Gasteiger partial charge in [0.15, 0.2) is 0 Å². The van der Waals surface area contributed by atoms with Crippen molar-refractivity contribution in [2.24, 2.45) is 0 Å². The first-order chi connectivity index (χ1) is 11.9. The number of aryl methyl sites for hydroxylation is 1. The van der Waals surface area contributed by atoms with Gasteiger partial charge in [-0.05, 0) is 39.8 Å². The second-order valence-electron chi connectivity index (χ2n) is 7.21. The van der Waals surface area contributed by atoms with E-state index in [1.165, 1.54) is 12.1 Å². The minimum atomic E-state index is -4.07. The van der Waals surface area contributed by atoms with Crippen molar-refractivity contribution in [1.29, 1.82) is 0 Å². The summed E-state index contributed by atoms with van der Waals surface area (Å²) in [5.74, 6) is -1.24. The molecule has 9 heteroatoms. The number of benzene rings is 1. The van der Waals surface area contributed by atoms with Crippen LogP contribution in [0, 0.1) is 6.92 Å². The summed E-state index contributed by atoms with van der Waals surface area (Å²) in [5.41, 5.74) is 0.0967. The molecular formula is C17H23NO7S. The van der Waals surface area contributed by atoms with E-state index in [1.54, 1.807) is 32.9 Å². The van der Waals surface area contributed by atoms with Crippen molar-refractivity contribution in [2.75, 3.05) is 6.54 Å². The Morgan fingerprint density at radius 3 is 2.27 bits per heavy atom. The summed E-state index contributed by atoms with van der Waals surface area (Å²) in [6.45, 7) is 6.62. The average molecular weight is 385 g/mol. The van der Waals surface area contributed by atoms with Gasteiger partial charge in [-0.25, -0.2) is 9.59 Å². The SMILES string of the molecule is Cc1ccc(S(=O)(=O)O[C@@H]2C[C@H](C(=O)O)N(C(=O)OC(C)(C)C)C2)cc1. The lowest BCUT2D eigenvalue weighted by atomic mass is 10.2. The topological polar surface area (TPSA) is 110 Å². The second-order valence-corrected chi connectivity index (χ2v) is 8.78. The van der Waals surface area contributed by atoms with E-state index >= 15 is 0 Å². The Hall–Kier alpha value is -2.13. The fourth-order valence-corrected chi connectivity index (χ4v) is 3.64. The first-order valence-corrected chi connectivity index (χ1v) is 9.52. The van der Waals surface area contributed by atoms with Gasteiger partial charge in [0.2, 0.25) is 0 Å². The van der Waals surface area contributed by atoms with Crippen molar-refractivity contribution in [2.45, 2.75) is 56.8 Å². The number of aliphatic carboxylic acids is 1. The van der Waals surface area contributed by atoms with Gasteiger partial charge in [-0.1, -0.05) is 17.7 Å². The third kappa shape index (κ3) is 4.95. The van der Waals surface area contributed by atoms with Gasteiger partial charge in [0.1, 0.15) is 11.6 Å². The normalized spacial score (nSPS) is 20.8. The smallest absolute Gasteiger partial charge is 0.411 e. The second kappa shape index (κ2) is 7.24. The van der Waals surface area contributed by atoms with Gasteiger partial charge < -0.3 is 9.84 Å². The minimum Gasteiger partial charge on any atom is -0.480 e. The van der Waals surface area contributed by atoms with Gasteiger partial charge in [-0.3, -0.25) is 9.08 Å². The maximum Gasteiger partial charge on any atom is 0.411 e. The van der Waals surface area contributed by atoms with Crippen LogP contribution < -0.4 is 0 Å². The molecule has 144 valence electrons. The number of likely N-dealkylation sites (tertiary alicyclic amines) is 1. The van der Waals surface area contributed by atoms with Crippen LogP contribution in [0.25, 0.3) is 0 Å². The van der Waals surface area contributed by atoms with Crippen LogP contribution >= 0.6 is 0 Å². The summed E-state index contributed by atoms with van der Waals surface area (Å²) in [7, 11) is -4.07. The Morgan fingerprint density at radius 2 is 1.77 bits per heavy atom. The van der Waals surface area contributed by atoms with E-state index in [1.807, 2.05) is 6.92 Å². The molecule has 1 saturated heterocycles. The lowest BCUT2D eigenvalue weighted by Crippen LogP contribution is -2.43. The van der Waals surface area contributed by atoms with Gasteiger partial charge in [0.25, 0.3) is 10.1 Å². The number of hydrogen-bond acceptors (Lipinski definition) is 6. The number of hydrogen-bond donors (Lipinski definition) is 1. The number of carbonyl (C=O) groups excluding carboxylic acids is 1. The highest BCUT2D eigenvalue weighted by Crippen LogP contribution is 2.26. The van der Waals surface area contributed by atoms with Crippen molar-refractivity contribution in [1.82, 2.24) is 4.90 Å². The number of carboxylic acid groups (broad SMARTS) is 1. The van der Waals surface area contributed by atoms with Crippen molar-refractivity contribution in [3.63, 3.8) is 0 Å². The van der Waals surface area contributed by atoms with Gasteiger partial charge >= 0.3 is 12.1 Å². The lowest BCUT2D eigenvalue weighted by molar-refractivity contribution is -0.142. The molecule has 1 N–H and O–H groups in total. The third-order valence-electron chi connectivity index (χ3n) is 3.75.